The van der Waals surface area contributed by atoms with E-state index in [1.54, 1.807) is 17.9 Å². The Hall–Kier alpha value is -1.29. The highest BCUT2D eigenvalue weighted by atomic mass is 16.3. The molecule has 1 aromatic heterocycles. The molecule has 82 valence electrons. The summed E-state index contributed by atoms with van der Waals surface area (Å²) in [5, 5.41) is 9.87. The Morgan fingerprint density at radius 3 is 3.07 bits per heavy atom. The van der Waals surface area contributed by atoms with Gasteiger partial charge in [-0.3, -0.25) is 4.79 Å². The molecule has 0 aliphatic carbocycles. The van der Waals surface area contributed by atoms with Crippen molar-refractivity contribution in [2.45, 2.75) is 25.4 Å². The number of nitrogens with zero attached hydrogens (tertiary/aromatic N) is 1. The summed E-state index contributed by atoms with van der Waals surface area (Å²) in [6, 6.07) is 1.64. The fraction of sp³-hybridized carbons (Fsp3) is 0.545. The molecule has 1 aliphatic heterocycles. The number of hydrogen-bond acceptors (Lipinski definition) is 3. The molecule has 1 aromatic rings. The standard InChI is InChI=1S/C11H15NO3/c1-11(14)4-2-5-12(8-11)10(13)9-3-6-15-7-9/h3,6-7,14H,2,4-5,8H2,1H3. The van der Waals surface area contributed by atoms with Crippen molar-refractivity contribution in [3.8, 4) is 0 Å². The Morgan fingerprint density at radius 1 is 1.67 bits per heavy atom. The predicted octanol–water partition coefficient (Wildman–Crippen LogP) is 1.27. The van der Waals surface area contributed by atoms with Gasteiger partial charge in [0.1, 0.15) is 6.26 Å². The van der Waals surface area contributed by atoms with E-state index >= 15 is 0 Å². The second-order valence-corrected chi connectivity index (χ2v) is 4.34. The van der Waals surface area contributed by atoms with Gasteiger partial charge in [-0.05, 0) is 25.8 Å². The minimum atomic E-state index is -0.752. The largest absolute Gasteiger partial charge is 0.472 e. The number of carbonyl (C=O) groups excluding carboxylic acids is 1. The highest BCUT2D eigenvalue weighted by Crippen LogP contribution is 2.21. The van der Waals surface area contributed by atoms with Crippen LogP contribution in [0.1, 0.15) is 30.1 Å². The summed E-state index contributed by atoms with van der Waals surface area (Å²) in [4.78, 5) is 13.6. The molecule has 1 unspecified atom stereocenters. The normalized spacial score (nSPS) is 26.7. The first kappa shape index (κ1) is 10.2. The molecule has 1 aliphatic rings. The maximum atomic E-state index is 11.9. The van der Waals surface area contributed by atoms with E-state index in [1.807, 2.05) is 0 Å². The smallest absolute Gasteiger partial charge is 0.257 e. The molecule has 0 radical (unpaired) electrons. The first-order valence-corrected chi connectivity index (χ1v) is 5.12. The molecule has 4 nitrogen and oxygen atoms in total. The van der Waals surface area contributed by atoms with Gasteiger partial charge in [0, 0.05) is 13.1 Å². The number of furan rings is 1. The maximum Gasteiger partial charge on any atom is 0.257 e. The third-order valence-electron chi connectivity index (χ3n) is 2.73. The van der Waals surface area contributed by atoms with E-state index in [1.165, 1.54) is 12.5 Å². The lowest BCUT2D eigenvalue weighted by Gasteiger charge is -2.36. The van der Waals surface area contributed by atoms with Gasteiger partial charge in [-0.2, -0.15) is 0 Å². The molecule has 4 heteroatoms. The van der Waals surface area contributed by atoms with Crippen LogP contribution in [0.5, 0.6) is 0 Å². The highest BCUT2D eigenvalue weighted by Gasteiger charge is 2.31. The lowest BCUT2D eigenvalue weighted by Crippen LogP contribution is -2.48. The van der Waals surface area contributed by atoms with Crippen molar-refractivity contribution in [2.75, 3.05) is 13.1 Å². The molecule has 1 N–H and O–H groups in total. The Labute approximate surface area is 88.5 Å². The summed E-state index contributed by atoms with van der Waals surface area (Å²) in [5.74, 6) is -0.0660. The van der Waals surface area contributed by atoms with Gasteiger partial charge in [0.05, 0.1) is 17.4 Å². The SMILES string of the molecule is CC1(O)CCCN(C(=O)c2ccoc2)C1. The molecule has 1 saturated heterocycles. The number of hydrogen-bond donors (Lipinski definition) is 1. The number of β-amino-alcohol motifs (C(OH)–C–C–N with tert-alkyl or cyclic N) is 1. The first-order valence-electron chi connectivity index (χ1n) is 5.12. The number of carbonyl (C=O) groups is 1. The predicted molar refractivity (Wildman–Crippen MR) is 54.5 cm³/mol. The average molecular weight is 209 g/mol. The van der Waals surface area contributed by atoms with Gasteiger partial charge in [-0.1, -0.05) is 0 Å². The van der Waals surface area contributed by atoms with Crippen LogP contribution in [0.4, 0.5) is 0 Å². The van der Waals surface area contributed by atoms with Crippen molar-refractivity contribution in [2.24, 2.45) is 0 Å². The molecular formula is C11H15NO3. The van der Waals surface area contributed by atoms with Crippen molar-refractivity contribution in [3.63, 3.8) is 0 Å². The lowest BCUT2D eigenvalue weighted by molar-refractivity contribution is -0.0107. The summed E-state index contributed by atoms with van der Waals surface area (Å²) in [7, 11) is 0. The van der Waals surface area contributed by atoms with Gasteiger partial charge in [-0.25, -0.2) is 0 Å². The molecule has 15 heavy (non-hydrogen) atoms. The van der Waals surface area contributed by atoms with E-state index in [0.717, 1.165) is 12.8 Å². The molecule has 1 atom stereocenters. The second-order valence-electron chi connectivity index (χ2n) is 4.34. The van der Waals surface area contributed by atoms with Crippen molar-refractivity contribution in [1.29, 1.82) is 0 Å². The van der Waals surface area contributed by atoms with Gasteiger partial charge in [-0.15, -0.1) is 0 Å². The molecule has 0 saturated carbocycles. The van der Waals surface area contributed by atoms with E-state index in [9.17, 15) is 9.90 Å². The van der Waals surface area contributed by atoms with E-state index in [4.69, 9.17) is 4.42 Å². The van der Waals surface area contributed by atoms with Crippen LogP contribution in [0, 0.1) is 0 Å². The fourth-order valence-electron chi connectivity index (χ4n) is 1.96. The first-order chi connectivity index (χ1) is 7.08. The highest BCUT2D eigenvalue weighted by molar-refractivity contribution is 5.93. The lowest BCUT2D eigenvalue weighted by atomic mass is 9.95. The van der Waals surface area contributed by atoms with Gasteiger partial charge >= 0.3 is 0 Å². The molecule has 1 fully saturated rings. The summed E-state index contributed by atoms with van der Waals surface area (Å²) in [5.41, 5.74) is -0.204. The maximum absolute atomic E-state index is 11.9. The monoisotopic (exact) mass is 209 g/mol. The number of likely N-dealkylation sites (tertiary alicyclic amines) is 1. The third kappa shape index (κ3) is 2.21. The minimum Gasteiger partial charge on any atom is -0.472 e. The van der Waals surface area contributed by atoms with Crippen LogP contribution in [-0.4, -0.2) is 34.6 Å². The zero-order valence-electron chi connectivity index (χ0n) is 8.77. The van der Waals surface area contributed by atoms with Crippen LogP contribution in [0.15, 0.2) is 23.0 Å². The van der Waals surface area contributed by atoms with Crippen LogP contribution in [0.25, 0.3) is 0 Å². The minimum absolute atomic E-state index is 0.0660. The topological polar surface area (TPSA) is 53.7 Å². The number of amides is 1. The Balaban J connectivity index is 2.08. The fourth-order valence-corrected chi connectivity index (χ4v) is 1.96. The second kappa shape index (κ2) is 3.70. The van der Waals surface area contributed by atoms with Crippen LogP contribution >= 0.6 is 0 Å². The zero-order valence-corrected chi connectivity index (χ0v) is 8.77. The van der Waals surface area contributed by atoms with Crippen molar-refractivity contribution < 1.29 is 14.3 Å². The van der Waals surface area contributed by atoms with Crippen molar-refractivity contribution >= 4 is 5.91 Å². The van der Waals surface area contributed by atoms with Gasteiger partial charge in [0.25, 0.3) is 5.91 Å². The average Bonchev–Trinajstić information content (AvgIpc) is 2.67. The van der Waals surface area contributed by atoms with Gasteiger partial charge in [0.2, 0.25) is 0 Å². The number of rotatable bonds is 1. The third-order valence-corrected chi connectivity index (χ3v) is 2.73. The Kier molecular flexibility index (Phi) is 2.52. The van der Waals surface area contributed by atoms with Crippen LogP contribution < -0.4 is 0 Å². The number of piperidine rings is 1. The van der Waals surface area contributed by atoms with E-state index < -0.39 is 5.60 Å². The molecule has 1 amide bonds. The summed E-state index contributed by atoms with van der Waals surface area (Å²) < 4.78 is 4.87. The molecule has 0 aromatic carbocycles. The van der Waals surface area contributed by atoms with Crippen molar-refractivity contribution in [1.82, 2.24) is 4.90 Å². The number of aliphatic hydroxyl groups is 1. The Bertz CT molecular complexity index is 343. The molecular weight excluding hydrogens is 194 g/mol. The Morgan fingerprint density at radius 2 is 2.47 bits per heavy atom. The summed E-state index contributed by atoms with van der Waals surface area (Å²) >= 11 is 0. The summed E-state index contributed by atoms with van der Waals surface area (Å²) in [6.07, 6.45) is 4.51. The zero-order chi connectivity index (χ0) is 10.9. The van der Waals surface area contributed by atoms with Gasteiger partial charge in [0.15, 0.2) is 0 Å². The van der Waals surface area contributed by atoms with E-state index in [2.05, 4.69) is 0 Å². The van der Waals surface area contributed by atoms with Crippen LogP contribution in [0.2, 0.25) is 0 Å². The molecule has 2 rings (SSSR count). The molecule has 2 heterocycles. The van der Waals surface area contributed by atoms with Gasteiger partial charge < -0.3 is 14.4 Å². The van der Waals surface area contributed by atoms with Crippen LogP contribution in [0.3, 0.4) is 0 Å². The van der Waals surface area contributed by atoms with Crippen LogP contribution in [-0.2, 0) is 0 Å². The van der Waals surface area contributed by atoms with E-state index in [-0.39, 0.29) is 5.91 Å². The van der Waals surface area contributed by atoms with E-state index in [0.29, 0.717) is 18.7 Å². The quantitative estimate of drug-likeness (QED) is 0.757. The van der Waals surface area contributed by atoms with Crippen molar-refractivity contribution in [3.05, 3.63) is 24.2 Å². The molecule has 0 spiro atoms. The molecule has 0 bridgehead atoms. The summed E-state index contributed by atoms with van der Waals surface area (Å²) in [6.45, 7) is 2.87.